The summed E-state index contributed by atoms with van der Waals surface area (Å²) in [6.07, 6.45) is -0.483. The molecule has 8 heteroatoms. The fourth-order valence-electron chi connectivity index (χ4n) is 4.79. The molecule has 2 aliphatic carbocycles. The van der Waals surface area contributed by atoms with Gasteiger partial charge in [-0.25, -0.2) is 8.42 Å². The van der Waals surface area contributed by atoms with Crippen LogP contribution in [0.5, 0.6) is 0 Å². The fraction of sp³-hybridized carbons (Fsp3) is 0.269. The maximum absolute atomic E-state index is 13.8. The molecule has 0 atom stereocenters. The number of benzene rings is 2. The molecule has 0 saturated carbocycles. The molecule has 0 unspecified atom stereocenters. The summed E-state index contributed by atoms with van der Waals surface area (Å²) >= 11 is 0. The fourth-order valence-corrected chi connectivity index (χ4v) is 6.54. The Morgan fingerprint density at radius 2 is 1.41 bits per heavy atom. The second kappa shape index (κ2) is 9.02. The highest BCUT2D eigenvalue weighted by atomic mass is 32.2. The molecular formula is C26H24O7S. The SMILES string of the molecule is COC(=O)C1(C(=O)OC)CCC2=C(c3ccccc3)C(=O)CC2=C(S(=O)(=O)c2ccccc2)C1. The van der Waals surface area contributed by atoms with Crippen molar-refractivity contribution in [2.45, 2.75) is 30.6 Å². The van der Waals surface area contributed by atoms with Crippen molar-refractivity contribution in [3.05, 3.63) is 82.3 Å². The largest absolute Gasteiger partial charge is 0.468 e. The minimum Gasteiger partial charge on any atom is -0.468 e. The number of fused-ring (bicyclic) bond motifs is 1. The number of sulfone groups is 1. The molecule has 2 aromatic rings. The summed E-state index contributed by atoms with van der Waals surface area (Å²) in [4.78, 5) is 39.0. The van der Waals surface area contributed by atoms with Gasteiger partial charge in [0.15, 0.2) is 11.2 Å². The molecule has 0 aromatic heterocycles. The number of esters is 2. The number of rotatable bonds is 5. The quantitative estimate of drug-likeness (QED) is 0.475. The maximum Gasteiger partial charge on any atom is 0.323 e. The van der Waals surface area contributed by atoms with Gasteiger partial charge in [0.05, 0.1) is 24.0 Å². The summed E-state index contributed by atoms with van der Waals surface area (Å²) in [6, 6.07) is 16.8. The van der Waals surface area contributed by atoms with E-state index in [1.807, 2.05) is 6.07 Å². The summed E-state index contributed by atoms with van der Waals surface area (Å²) in [6.45, 7) is 0. The van der Waals surface area contributed by atoms with Crippen molar-refractivity contribution in [3.8, 4) is 0 Å². The molecular weight excluding hydrogens is 456 g/mol. The van der Waals surface area contributed by atoms with E-state index < -0.39 is 33.6 Å². The standard InChI is InChI=1S/C26H24O7S/c1-32-24(28)26(25(29)33-2)14-13-19-20(15-21(27)23(19)17-9-5-3-6-10-17)22(16-26)34(30,31)18-11-7-4-8-12-18/h3-12H,13-16H2,1-2H3. The number of allylic oxidation sites excluding steroid dienone is 4. The van der Waals surface area contributed by atoms with Crippen LogP contribution in [0.15, 0.2) is 81.6 Å². The molecule has 2 aliphatic rings. The number of Topliss-reactive ketones (excluding diaryl/α,β-unsaturated/α-hetero) is 1. The van der Waals surface area contributed by atoms with Gasteiger partial charge in [0, 0.05) is 18.4 Å². The highest BCUT2D eigenvalue weighted by Gasteiger charge is 2.53. The van der Waals surface area contributed by atoms with Crippen molar-refractivity contribution in [1.82, 2.24) is 0 Å². The molecule has 0 bridgehead atoms. The van der Waals surface area contributed by atoms with Crippen molar-refractivity contribution < 1.29 is 32.3 Å². The first-order valence-electron chi connectivity index (χ1n) is 10.8. The van der Waals surface area contributed by atoms with Crippen LogP contribution in [-0.2, 0) is 33.7 Å². The summed E-state index contributed by atoms with van der Waals surface area (Å²) in [7, 11) is -1.85. The molecule has 0 N–H and O–H groups in total. The van der Waals surface area contributed by atoms with Gasteiger partial charge in [-0.3, -0.25) is 14.4 Å². The summed E-state index contributed by atoms with van der Waals surface area (Å²) in [5.41, 5.74) is 0.123. The normalized spacial score (nSPS) is 17.8. The van der Waals surface area contributed by atoms with Crippen LogP contribution in [-0.4, -0.2) is 40.4 Å². The van der Waals surface area contributed by atoms with Crippen LogP contribution in [0.4, 0.5) is 0 Å². The van der Waals surface area contributed by atoms with Crippen LogP contribution in [0.25, 0.3) is 5.57 Å². The lowest BCUT2D eigenvalue weighted by Crippen LogP contribution is -2.42. The molecule has 0 fully saturated rings. The van der Waals surface area contributed by atoms with E-state index in [2.05, 4.69) is 0 Å². The molecule has 0 radical (unpaired) electrons. The van der Waals surface area contributed by atoms with E-state index in [-0.39, 0.29) is 34.8 Å². The van der Waals surface area contributed by atoms with E-state index in [0.717, 1.165) is 14.2 Å². The van der Waals surface area contributed by atoms with Gasteiger partial charge in [0.2, 0.25) is 9.84 Å². The first-order valence-corrected chi connectivity index (χ1v) is 12.3. The Balaban J connectivity index is 2.03. The average molecular weight is 481 g/mol. The number of hydrogen-bond acceptors (Lipinski definition) is 7. The van der Waals surface area contributed by atoms with Crippen molar-refractivity contribution in [2.75, 3.05) is 14.2 Å². The van der Waals surface area contributed by atoms with Crippen molar-refractivity contribution in [3.63, 3.8) is 0 Å². The summed E-state index contributed by atoms with van der Waals surface area (Å²) < 4.78 is 37.6. The maximum atomic E-state index is 13.8. The molecule has 4 rings (SSSR count). The molecule has 2 aromatic carbocycles. The number of methoxy groups -OCH3 is 2. The third-order valence-electron chi connectivity index (χ3n) is 6.48. The van der Waals surface area contributed by atoms with Crippen molar-refractivity contribution >= 4 is 33.1 Å². The van der Waals surface area contributed by atoms with Gasteiger partial charge in [0.25, 0.3) is 0 Å². The van der Waals surface area contributed by atoms with Gasteiger partial charge in [-0.2, -0.15) is 0 Å². The zero-order chi connectivity index (χ0) is 24.5. The van der Waals surface area contributed by atoms with Gasteiger partial charge < -0.3 is 9.47 Å². The highest BCUT2D eigenvalue weighted by Crippen LogP contribution is 2.50. The lowest BCUT2D eigenvalue weighted by Gasteiger charge is -2.27. The monoisotopic (exact) mass is 480 g/mol. The number of carbonyl (C=O) groups excluding carboxylic acids is 3. The minimum absolute atomic E-state index is 0.0167. The van der Waals surface area contributed by atoms with E-state index >= 15 is 0 Å². The van der Waals surface area contributed by atoms with Gasteiger partial charge in [-0.15, -0.1) is 0 Å². The Morgan fingerprint density at radius 3 is 1.97 bits per heavy atom. The van der Waals surface area contributed by atoms with Gasteiger partial charge in [0.1, 0.15) is 0 Å². The zero-order valence-corrected chi connectivity index (χ0v) is 19.7. The van der Waals surface area contributed by atoms with Gasteiger partial charge in [-0.05, 0) is 41.7 Å². The molecule has 0 saturated heterocycles. The third-order valence-corrected chi connectivity index (χ3v) is 8.41. The molecule has 34 heavy (non-hydrogen) atoms. The average Bonchev–Trinajstić information content (AvgIpc) is 3.09. The van der Waals surface area contributed by atoms with Gasteiger partial charge in [-0.1, -0.05) is 48.5 Å². The van der Waals surface area contributed by atoms with E-state index in [1.165, 1.54) is 12.1 Å². The summed E-state index contributed by atoms with van der Waals surface area (Å²) in [5.74, 6) is -1.93. The Morgan fingerprint density at radius 1 is 0.853 bits per heavy atom. The number of ketones is 1. The molecule has 0 amide bonds. The summed E-state index contributed by atoms with van der Waals surface area (Å²) in [5, 5.41) is 0. The number of carbonyl (C=O) groups is 3. The van der Waals surface area contributed by atoms with E-state index in [9.17, 15) is 22.8 Å². The Bertz CT molecular complexity index is 1300. The van der Waals surface area contributed by atoms with Crippen LogP contribution >= 0.6 is 0 Å². The van der Waals surface area contributed by atoms with Gasteiger partial charge >= 0.3 is 11.9 Å². The van der Waals surface area contributed by atoms with Crippen LogP contribution < -0.4 is 0 Å². The predicted octanol–water partition coefficient (Wildman–Crippen LogP) is 3.66. The van der Waals surface area contributed by atoms with Crippen LogP contribution in [0.3, 0.4) is 0 Å². The van der Waals surface area contributed by atoms with Crippen LogP contribution in [0, 0.1) is 5.41 Å². The lowest BCUT2D eigenvalue weighted by atomic mass is 9.80. The Kier molecular flexibility index (Phi) is 6.27. The van der Waals surface area contributed by atoms with Crippen LogP contribution in [0.2, 0.25) is 0 Å². The van der Waals surface area contributed by atoms with Crippen molar-refractivity contribution in [2.24, 2.45) is 5.41 Å². The Labute approximate surface area is 198 Å². The second-order valence-corrected chi connectivity index (χ2v) is 10.3. The predicted molar refractivity (Wildman–Crippen MR) is 124 cm³/mol. The van der Waals surface area contributed by atoms with E-state index in [1.54, 1.807) is 42.5 Å². The third kappa shape index (κ3) is 3.77. The lowest BCUT2D eigenvalue weighted by molar-refractivity contribution is -0.169. The van der Waals surface area contributed by atoms with E-state index in [0.29, 0.717) is 22.3 Å². The second-order valence-electron chi connectivity index (χ2n) is 8.28. The Hall–Kier alpha value is -3.52. The minimum atomic E-state index is -4.15. The highest BCUT2D eigenvalue weighted by molar-refractivity contribution is 7.95. The molecule has 7 nitrogen and oxygen atoms in total. The van der Waals surface area contributed by atoms with Crippen molar-refractivity contribution in [1.29, 1.82) is 0 Å². The molecule has 0 heterocycles. The first kappa shape index (κ1) is 23.6. The zero-order valence-electron chi connectivity index (χ0n) is 18.9. The molecule has 176 valence electrons. The topological polar surface area (TPSA) is 104 Å². The van der Waals surface area contributed by atoms with Crippen LogP contribution in [0.1, 0.15) is 31.2 Å². The molecule has 0 aliphatic heterocycles. The first-order chi connectivity index (χ1) is 16.3. The number of ether oxygens (including phenoxy) is 2. The number of hydrogen-bond donors (Lipinski definition) is 0. The smallest absolute Gasteiger partial charge is 0.323 e. The molecule has 0 spiro atoms. The van der Waals surface area contributed by atoms with E-state index in [4.69, 9.17) is 9.47 Å².